The zero-order valence-electron chi connectivity index (χ0n) is 6.57. The van der Waals surface area contributed by atoms with Crippen LogP contribution in [0.5, 0.6) is 0 Å². The van der Waals surface area contributed by atoms with Crippen molar-refractivity contribution in [3.8, 4) is 0 Å². The lowest BCUT2D eigenvalue weighted by Crippen LogP contribution is -2.02. The zero-order valence-corrected chi connectivity index (χ0v) is 8.14. The highest BCUT2D eigenvalue weighted by Crippen LogP contribution is 2.19. The molecule has 13 heavy (non-hydrogen) atoms. The summed E-state index contributed by atoms with van der Waals surface area (Å²) in [6.07, 6.45) is 0. The molecule has 6 heteroatoms. The summed E-state index contributed by atoms with van der Waals surface area (Å²) in [7, 11) is -4.17. The molecule has 0 aliphatic carbocycles. The summed E-state index contributed by atoms with van der Waals surface area (Å²) in [5, 5.41) is 0.384. The van der Waals surface area contributed by atoms with E-state index in [0.29, 0.717) is 10.6 Å². The van der Waals surface area contributed by atoms with Crippen molar-refractivity contribution in [2.75, 3.05) is 0 Å². The van der Waals surface area contributed by atoms with Crippen molar-refractivity contribution in [2.24, 2.45) is 5.73 Å². The van der Waals surface area contributed by atoms with Crippen LogP contribution in [0.1, 0.15) is 5.56 Å². The molecule has 0 aliphatic heterocycles. The molecule has 4 nitrogen and oxygen atoms in total. The van der Waals surface area contributed by atoms with E-state index in [2.05, 4.69) is 0 Å². The molecular weight excluding hydrogens is 214 g/mol. The van der Waals surface area contributed by atoms with Gasteiger partial charge in [-0.05, 0) is 23.8 Å². The van der Waals surface area contributed by atoms with Crippen molar-refractivity contribution >= 4 is 21.7 Å². The largest absolute Gasteiger partial charge is 0.326 e. The third-order valence-corrected chi connectivity index (χ3v) is 2.75. The second-order valence-corrected chi connectivity index (χ2v) is 4.26. The molecule has 0 aliphatic rings. The van der Waals surface area contributed by atoms with Gasteiger partial charge in [0.15, 0.2) is 0 Å². The first kappa shape index (κ1) is 10.5. The van der Waals surface area contributed by atoms with E-state index in [0.717, 1.165) is 0 Å². The molecule has 0 atom stereocenters. The lowest BCUT2D eigenvalue weighted by atomic mass is 10.2. The predicted octanol–water partition coefficient (Wildman–Crippen LogP) is 1.05. The monoisotopic (exact) mass is 221 g/mol. The summed E-state index contributed by atoms with van der Waals surface area (Å²) >= 11 is 5.69. The van der Waals surface area contributed by atoms with Gasteiger partial charge in [-0.15, -0.1) is 0 Å². The van der Waals surface area contributed by atoms with Crippen molar-refractivity contribution in [3.05, 3.63) is 28.8 Å². The molecule has 0 amide bonds. The van der Waals surface area contributed by atoms with E-state index >= 15 is 0 Å². The maximum atomic E-state index is 10.7. The fourth-order valence-electron chi connectivity index (χ4n) is 0.868. The fraction of sp³-hybridized carbons (Fsp3) is 0.143. The Hall–Kier alpha value is -0.620. The Morgan fingerprint density at radius 1 is 1.46 bits per heavy atom. The first-order chi connectivity index (χ1) is 5.95. The van der Waals surface area contributed by atoms with Gasteiger partial charge in [0.2, 0.25) is 0 Å². The highest BCUT2D eigenvalue weighted by molar-refractivity contribution is 7.85. The van der Waals surface area contributed by atoms with Crippen molar-refractivity contribution in [2.45, 2.75) is 11.4 Å². The third kappa shape index (κ3) is 2.41. The van der Waals surface area contributed by atoms with Crippen molar-refractivity contribution in [1.82, 2.24) is 0 Å². The molecule has 0 saturated heterocycles. The first-order valence-corrected chi connectivity index (χ1v) is 5.23. The van der Waals surface area contributed by atoms with Crippen LogP contribution < -0.4 is 5.73 Å². The minimum atomic E-state index is -4.17. The van der Waals surface area contributed by atoms with Gasteiger partial charge < -0.3 is 5.73 Å². The van der Waals surface area contributed by atoms with Gasteiger partial charge in [0.25, 0.3) is 10.1 Å². The molecule has 72 valence electrons. The van der Waals surface area contributed by atoms with Gasteiger partial charge in [0, 0.05) is 11.6 Å². The molecular formula is C7H8ClNO3S. The number of rotatable bonds is 2. The predicted molar refractivity (Wildman–Crippen MR) is 49.2 cm³/mol. The number of halogens is 1. The van der Waals surface area contributed by atoms with Crippen molar-refractivity contribution in [3.63, 3.8) is 0 Å². The maximum absolute atomic E-state index is 10.7. The van der Waals surface area contributed by atoms with Crippen LogP contribution in [0.4, 0.5) is 0 Å². The summed E-state index contributed by atoms with van der Waals surface area (Å²) < 4.78 is 30.1. The summed E-state index contributed by atoms with van der Waals surface area (Å²) in [5.74, 6) is 0. The molecule has 0 fully saturated rings. The Morgan fingerprint density at radius 3 is 2.54 bits per heavy atom. The van der Waals surface area contributed by atoms with Crippen LogP contribution in [-0.4, -0.2) is 13.0 Å². The smallest absolute Gasteiger partial charge is 0.294 e. The summed E-state index contributed by atoms with van der Waals surface area (Å²) in [6, 6.07) is 3.85. The van der Waals surface area contributed by atoms with Crippen LogP contribution in [0, 0.1) is 0 Å². The molecule has 1 rings (SSSR count). The lowest BCUT2D eigenvalue weighted by Gasteiger charge is -2.02. The Balaban J connectivity index is 3.30. The minimum absolute atomic E-state index is 0.127. The molecule has 3 N–H and O–H groups in total. The number of hydrogen-bond acceptors (Lipinski definition) is 3. The van der Waals surface area contributed by atoms with Crippen LogP contribution in [0.25, 0.3) is 0 Å². The van der Waals surface area contributed by atoms with E-state index < -0.39 is 10.1 Å². The van der Waals surface area contributed by atoms with Gasteiger partial charge in [0.1, 0.15) is 0 Å². The van der Waals surface area contributed by atoms with Crippen molar-refractivity contribution in [1.29, 1.82) is 0 Å². The van der Waals surface area contributed by atoms with Crippen LogP contribution in [0.2, 0.25) is 5.02 Å². The highest BCUT2D eigenvalue weighted by Gasteiger charge is 2.10. The number of benzene rings is 1. The summed E-state index contributed by atoms with van der Waals surface area (Å²) in [6.45, 7) is 0.127. The maximum Gasteiger partial charge on any atom is 0.294 e. The molecule has 0 radical (unpaired) electrons. The van der Waals surface area contributed by atoms with Gasteiger partial charge in [-0.2, -0.15) is 8.42 Å². The molecule has 1 aromatic carbocycles. The van der Waals surface area contributed by atoms with E-state index in [1.165, 1.54) is 18.2 Å². The quantitative estimate of drug-likeness (QED) is 0.732. The zero-order chi connectivity index (χ0) is 10.1. The fourth-order valence-corrected chi connectivity index (χ4v) is 1.59. The van der Waals surface area contributed by atoms with Gasteiger partial charge in [-0.25, -0.2) is 0 Å². The van der Waals surface area contributed by atoms with E-state index in [1.807, 2.05) is 0 Å². The summed E-state index contributed by atoms with van der Waals surface area (Å²) in [5.41, 5.74) is 5.79. The van der Waals surface area contributed by atoms with Crippen LogP contribution in [0.3, 0.4) is 0 Å². The third-order valence-electron chi connectivity index (χ3n) is 1.53. The van der Waals surface area contributed by atoms with Crippen LogP contribution in [-0.2, 0) is 16.7 Å². The average molecular weight is 222 g/mol. The molecule has 0 aromatic heterocycles. The van der Waals surface area contributed by atoms with E-state index in [9.17, 15) is 8.42 Å². The van der Waals surface area contributed by atoms with Crippen molar-refractivity contribution < 1.29 is 13.0 Å². The summed E-state index contributed by atoms with van der Waals surface area (Å²) in [4.78, 5) is -0.197. The first-order valence-electron chi connectivity index (χ1n) is 3.41. The van der Waals surface area contributed by atoms with Crippen LogP contribution in [0.15, 0.2) is 23.1 Å². The topological polar surface area (TPSA) is 80.4 Å². The molecule has 1 aromatic rings. The molecule has 0 saturated carbocycles. The van der Waals surface area contributed by atoms with Gasteiger partial charge >= 0.3 is 0 Å². The second kappa shape index (κ2) is 3.63. The van der Waals surface area contributed by atoms with Gasteiger partial charge in [-0.3, -0.25) is 4.55 Å². The molecule has 0 unspecified atom stereocenters. The van der Waals surface area contributed by atoms with E-state index in [-0.39, 0.29) is 11.4 Å². The Morgan fingerprint density at radius 2 is 2.08 bits per heavy atom. The average Bonchev–Trinajstić information content (AvgIpc) is 2.03. The molecule has 0 bridgehead atoms. The standard InChI is InChI=1S/C7H8ClNO3S/c8-7-2-1-6(13(10,11)12)3-5(7)4-9/h1-3H,4,9H2,(H,10,11,12). The Kier molecular flexibility index (Phi) is 2.92. The van der Waals surface area contributed by atoms with Crippen LogP contribution >= 0.6 is 11.6 Å². The van der Waals surface area contributed by atoms with E-state index in [1.54, 1.807) is 0 Å². The Bertz CT molecular complexity index is 416. The SMILES string of the molecule is NCc1cc(S(=O)(=O)O)ccc1Cl. The number of nitrogens with two attached hydrogens (primary N) is 1. The highest BCUT2D eigenvalue weighted by atomic mass is 35.5. The molecule has 0 spiro atoms. The molecule has 0 heterocycles. The number of hydrogen-bond donors (Lipinski definition) is 2. The van der Waals surface area contributed by atoms with Gasteiger partial charge in [0.05, 0.1) is 4.90 Å². The normalized spacial score (nSPS) is 11.6. The van der Waals surface area contributed by atoms with Gasteiger partial charge in [-0.1, -0.05) is 11.6 Å². The van der Waals surface area contributed by atoms with E-state index in [4.69, 9.17) is 21.9 Å². The lowest BCUT2D eigenvalue weighted by molar-refractivity contribution is 0.483. The minimum Gasteiger partial charge on any atom is -0.326 e. The Labute approximate surface area is 81.1 Å². The second-order valence-electron chi connectivity index (χ2n) is 2.43.